The van der Waals surface area contributed by atoms with Gasteiger partial charge in [0.1, 0.15) is 5.60 Å². The molecule has 7 heteroatoms. The summed E-state index contributed by atoms with van der Waals surface area (Å²) < 4.78 is 27.8. The lowest BCUT2D eigenvalue weighted by atomic mass is 9.87. The summed E-state index contributed by atoms with van der Waals surface area (Å²) >= 11 is 0. The van der Waals surface area contributed by atoms with E-state index in [9.17, 15) is 13.2 Å². The Morgan fingerprint density at radius 2 is 1.85 bits per heavy atom. The Bertz CT molecular complexity index is 422. The Morgan fingerprint density at radius 1 is 1.25 bits per heavy atom. The molecule has 0 saturated heterocycles. The summed E-state index contributed by atoms with van der Waals surface area (Å²) in [7, 11) is -2.90. The first-order chi connectivity index (χ1) is 9.11. The van der Waals surface area contributed by atoms with Gasteiger partial charge in [0.05, 0.1) is 5.75 Å². The highest BCUT2D eigenvalue weighted by Gasteiger charge is 2.31. The van der Waals surface area contributed by atoms with Gasteiger partial charge in [-0.25, -0.2) is 13.2 Å². The summed E-state index contributed by atoms with van der Waals surface area (Å²) in [6.07, 6.45) is 1.23. The van der Waals surface area contributed by atoms with Crippen LogP contribution in [0.15, 0.2) is 0 Å². The van der Waals surface area contributed by atoms with Gasteiger partial charge in [0, 0.05) is 24.4 Å². The van der Waals surface area contributed by atoms with Gasteiger partial charge < -0.3 is 15.4 Å². The van der Waals surface area contributed by atoms with Crippen molar-refractivity contribution in [1.29, 1.82) is 0 Å². The van der Waals surface area contributed by atoms with E-state index in [0.717, 1.165) is 12.8 Å². The van der Waals surface area contributed by atoms with Gasteiger partial charge in [-0.15, -0.1) is 0 Å². The maximum absolute atomic E-state index is 11.5. The highest BCUT2D eigenvalue weighted by Crippen LogP contribution is 2.20. The summed E-state index contributed by atoms with van der Waals surface area (Å²) in [5.41, 5.74) is -0.486. The third-order valence-electron chi connectivity index (χ3n) is 3.14. The van der Waals surface area contributed by atoms with Crippen molar-refractivity contribution >= 4 is 15.9 Å². The zero-order valence-electron chi connectivity index (χ0n) is 12.7. The molecule has 0 aromatic carbocycles. The van der Waals surface area contributed by atoms with Crippen LogP contribution in [0.1, 0.15) is 40.5 Å². The molecule has 0 heterocycles. The van der Waals surface area contributed by atoms with Gasteiger partial charge in [-0.3, -0.25) is 0 Å². The predicted molar refractivity (Wildman–Crippen MR) is 78.5 cm³/mol. The number of hydrogen-bond donors (Lipinski definition) is 2. The zero-order chi connectivity index (χ0) is 15.4. The van der Waals surface area contributed by atoms with E-state index in [2.05, 4.69) is 10.6 Å². The molecule has 20 heavy (non-hydrogen) atoms. The number of rotatable bonds is 6. The van der Waals surface area contributed by atoms with E-state index in [4.69, 9.17) is 4.74 Å². The molecule has 0 spiro atoms. The fourth-order valence-electron chi connectivity index (χ4n) is 1.94. The molecule has 118 valence electrons. The van der Waals surface area contributed by atoms with Gasteiger partial charge in [0.2, 0.25) is 0 Å². The summed E-state index contributed by atoms with van der Waals surface area (Å²) in [6.45, 7) is 7.60. The van der Waals surface area contributed by atoms with Gasteiger partial charge in [-0.1, -0.05) is 6.92 Å². The van der Waals surface area contributed by atoms with Gasteiger partial charge in [0.25, 0.3) is 0 Å². The van der Waals surface area contributed by atoms with Gasteiger partial charge >= 0.3 is 6.09 Å². The Labute approximate surface area is 121 Å². The first-order valence-electron chi connectivity index (χ1n) is 7.04. The highest BCUT2D eigenvalue weighted by molar-refractivity contribution is 7.91. The molecule has 1 aliphatic rings. The maximum atomic E-state index is 11.5. The molecule has 1 amide bonds. The number of carbonyl (C=O) groups excluding carboxylic acids is 1. The molecule has 1 aliphatic carbocycles. The minimum Gasteiger partial charge on any atom is -0.444 e. The molecule has 0 radical (unpaired) electrons. The third-order valence-corrected chi connectivity index (χ3v) is 4.85. The van der Waals surface area contributed by atoms with E-state index in [1.807, 2.05) is 20.8 Å². The normalized spacial score (nSPS) is 23.0. The van der Waals surface area contributed by atoms with Crippen LogP contribution in [0.3, 0.4) is 0 Å². The van der Waals surface area contributed by atoms with E-state index in [-0.39, 0.29) is 23.6 Å². The maximum Gasteiger partial charge on any atom is 0.407 e. The lowest BCUT2D eigenvalue weighted by Crippen LogP contribution is -2.53. The van der Waals surface area contributed by atoms with Crippen LogP contribution >= 0.6 is 0 Å². The number of carbonyl (C=O) groups is 1. The lowest BCUT2D eigenvalue weighted by molar-refractivity contribution is 0.0466. The molecule has 0 unspecified atom stereocenters. The number of amides is 1. The van der Waals surface area contributed by atoms with Crippen LogP contribution in [0.4, 0.5) is 4.79 Å². The van der Waals surface area contributed by atoms with Gasteiger partial charge in [-0.05, 0) is 33.6 Å². The van der Waals surface area contributed by atoms with Gasteiger partial charge in [0.15, 0.2) is 9.84 Å². The quantitative estimate of drug-likeness (QED) is 0.767. The average Bonchev–Trinajstić information content (AvgIpc) is 2.22. The molecule has 0 aliphatic heterocycles. The molecule has 0 atom stereocenters. The fraction of sp³-hybridized carbons (Fsp3) is 0.923. The van der Waals surface area contributed by atoms with Gasteiger partial charge in [-0.2, -0.15) is 0 Å². The highest BCUT2D eigenvalue weighted by atomic mass is 32.2. The Morgan fingerprint density at radius 3 is 2.35 bits per heavy atom. The topological polar surface area (TPSA) is 84.5 Å². The predicted octanol–water partition coefficient (Wildman–Crippen LogP) is 1.07. The second kappa shape index (κ2) is 6.76. The van der Waals surface area contributed by atoms with Crippen molar-refractivity contribution in [3.05, 3.63) is 0 Å². The number of nitrogens with one attached hydrogen (secondary N) is 2. The zero-order valence-corrected chi connectivity index (χ0v) is 13.5. The Hall–Kier alpha value is -0.820. The van der Waals surface area contributed by atoms with Crippen LogP contribution < -0.4 is 10.6 Å². The molecule has 1 fully saturated rings. The van der Waals surface area contributed by atoms with Crippen molar-refractivity contribution < 1.29 is 17.9 Å². The Balaban J connectivity index is 2.13. The Kier molecular flexibility index (Phi) is 5.82. The molecule has 6 nitrogen and oxygen atoms in total. The molecule has 1 rings (SSSR count). The molecule has 0 aromatic rings. The van der Waals surface area contributed by atoms with E-state index in [1.165, 1.54) is 0 Å². The van der Waals surface area contributed by atoms with Crippen molar-refractivity contribution in [3.8, 4) is 0 Å². The molecular formula is C13H26N2O4S. The molecular weight excluding hydrogens is 280 g/mol. The van der Waals surface area contributed by atoms with Crippen molar-refractivity contribution in [3.63, 3.8) is 0 Å². The minimum atomic E-state index is -2.90. The van der Waals surface area contributed by atoms with E-state index < -0.39 is 21.5 Å². The van der Waals surface area contributed by atoms with E-state index in [0.29, 0.717) is 6.54 Å². The fourth-order valence-corrected chi connectivity index (χ4v) is 2.66. The summed E-state index contributed by atoms with van der Waals surface area (Å²) in [4.78, 5) is 11.5. The van der Waals surface area contributed by atoms with Crippen molar-refractivity contribution in [2.75, 3.05) is 18.1 Å². The number of hydrogen-bond acceptors (Lipinski definition) is 5. The SMILES string of the molecule is CCS(=O)(=O)CCNC1CC(NC(=O)OC(C)(C)C)C1. The standard InChI is InChI=1S/C13H26N2O4S/c1-5-20(17,18)7-6-14-10-8-11(9-10)15-12(16)19-13(2,3)4/h10-11,14H,5-9H2,1-4H3,(H,15,16). The van der Waals surface area contributed by atoms with Crippen LogP contribution in [0, 0.1) is 0 Å². The second-order valence-corrected chi connectivity index (χ2v) is 8.67. The molecule has 1 saturated carbocycles. The van der Waals surface area contributed by atoms with Crippen LogP contribution in [0.25, 0.3) is 0 Å². The third kappa shape index (κ3) is 6.56. The molecule has 2 N–H and O–H groups in total. The van der Waals surface area contributed by atoms with Crippen LogP contribution in [-0.4, -0.2) is 50.2 Å². The largest absolute Gasteiger partial charge is 0.444 e. The van der Waals surface area contributed by atoms with E-state index in [1.54, 1.807) is 6.92 Å². The average molecular weight is 306 g/mol. The molecule has 0 bridgehead atoms. The number of ether oxygens (including phenoxy) is 1. The summed E-state index contributed by atoms with van der Waals surface area (Å²) in [6, 6.07) is 0.395. The summed E-state index contributed by atoms with van der Waals surface area (Å²) in [5.74, 6) is 0.354. The lowest BCUT2D eigenvalue weighted by Gasteiger charge is -2.36. The number of sulfone groups is 1. The first kappa shape index (κ1) is 17.2. The monoisotopic (exact) mass is 306 g/mol. The molecule has 0 aromatic heterocycles. The smallest absolute Gasteiger partial charge is 0.407 e. The minimum absolute atomic E-state index is 0.116. The number of alkyl carbamates (subject to hydrolysis) is 1. The van der Waals surface area contributed by atoms with Crippen LogP contribution in [0.2, 0.25) is 0 Å². The van der Waals surface area contributed by atoms with Crippen molar-refractivity contribution in [2.45, 2.75) is 58.2 Å². The van der Waals surface area contributed by atoms with Crippen LogP contribution in [0.5, 0.6) is 0 Å². The second-order valence-electron chi connectivity index (χ2n) is 6.20. The summed E-state index contributed by atoms with van der Waals surface area (Å²) in [5, 5.41) is 5.99. The van der Waals surface area contributed by atoms with E-state index >= 15 is 0 Å². The van der Waals surface area contributed by atoms with Crippen LogP contribution in [-0.2, 0) is 14.6 Å². The van der Waals surface area contributed by atoms with Crippen molar-refractivity contribution in [1.82, 2.24) is 10.6 Å². The first-order valence-corrected chi connectivity index (χ1v) is 8.87. The van der Waals surface area contributed by atoms with Crippen molar-refractivity contribution in [2.24, 2.45) is 0 Å².